The predicted octanol–water partition coefficient (Wildman–Crippen LogP) is 2.15. The number of anilines is 2. The smallest absolute Gasteiger partial charge is 0.239 e. The summed E-state index contributed by atoms with van der Waals surface area (Å²) in [5.41, 5.74) is 0.904. The monoisotopic (exact) mass is 341 g/mol. The molecular formula is C15H17Cl2N3O2. The third kappa shape index (κ3) is 2.75. The minimum absolute atomic E-state index is 0.0193. The molecule has 7 heteroatoms. The molecule has 0 radical (unpaired) electrons. The van der Waals surface area contributed by atoms with Crippen molar-refractivity contribution in [2.75, 3.05) is 29.9 Å². The Morgan fingerprint density at radius 1 is 1.32 bits per heavy atom. The zero-order valence-corrected chi connectivity index (χ0v) is 13.7. The summed E-state index contributed by atoms with van der Waals surface area (Å²) in [6.07, 6.45) is 0.454. The number of piperazine rings is 1. The SMILES string of the molecule is CC1(C(=O)Nc2ccc(N3CCNC(=O)C3)cc2)CC1(Cl)Cl. The lowest BCUT2D eigenvalue weighted by Gasteiger charge is -2.28. The molecule has 1 saturated heterocycles. The molecule has 0 bridgehead atoms. The molecule has 1 aromatic carbocycles. The molecule has 1 aromatic rings. The van der Waals surface area contributed by atoms with Crippen molar-refractivity contribution in [1.82, 2.24) is 5.32 Å². The highest BCUT2D eigenvalue weighted by Gasteiger charge is 2.67. The number of carbonyl (C=O) groups excluding carboxylic acids is 2. The van der Waals surface area contributed by atoms with Crippen LogP contribution in [0.4, 0.5) is 11.4 Å². The lowest BCUT2D eigenvalue weighted by atomic mass is 10.1. The highest BCUT2D eigenvalue weighted by Crippen LogP contribution is 2.64. The first-order chi connectivity index (χ1) is 10.3. The zero-order chi connectivity index (χ0) is 16.0. The van der Waals surface area contributed by atoms with Crippen LogP contribution in [-0.4, -0.2) is 35.8 Å². The Bertz CT molecular complexity index is 618. The summed E-state index contributed by atoms with van der Waals surface area (Å²) >= 11 is 12.0. The van der Waals surface area contributed by atoms with Crippen LogP contribution < -0.4 is 15.5 Å². The van der Waals surface area contributed by atoms with E-state index < -0.39 is 9.75 Å². The summed E-state index contributed by atoms with van der Waals surface area (Å²) in [5.74, 6) is -0.159. The van der Waals surface area contributed by atoms with Crippen LogP contribution in [0.25, 0.3) is 0 Å². The second kappa shape index (κ2) is 5.32. The fraction of sp³-hybridized carbons (Fsp3) is 0.467. The lowest BCUT2D eigenvalue weighted by molar-refractivity contribution is -0.121. The summed E-state index contributed by atoms with van der Waals surface area (Å²) in [7, 11) is 0. The van der Waals surface area contributed by atoms with Gasteiger partial charge in [-0.15, -0.1) is 23.2 Å². The number of nitrogens with zero attached hydrogens (tertiary/aromatic N) is 1. The number of halogens is 2. The predicted molar refractivity (Wildman–Crippen MR) is 87.5 cm³/mol. The van der Waals surface area contributed by atoms with Crippen molar-refractivity contribution >= 4 is 46.4 Å². The maximum absolute atomic E-state index is 12.2. The van der Waals surface area contributed by atoms with Crippen molar-refractivity contribution < 1.29 is 9.59 Å². The van der Waals surface area contributed by atoms with E-state index in [1.54, 1.807) is 6.92 Å². The Morgan fingerprint density at radius 2 is 1.95 bits per heavy atom. The first-order valence-electron chi connectivity index (χ1n) is 7.13. The van der Waals surface area contributed by atoms with Gasteiger partial charge in [-0.2, -0.15) is 0 Å². The lowest BCUT2D eigenvalue weighted by Crippen LogP contribution is -2.47. The fourth-order valence-corrected chi connectivity index (χ4v) is 3.24. The van der Waals surface area contributed by atoms with Crippen LogP contribution in [0.1, 0.15) is 13.3 Å². The van der Waals surface area contributed by atoms with Gasteiger partial charge >= 0.3 is 0 Å². The van der Waals surface area contributed by atoms with Gasteiger partial charge < -0.3 is 15.5 Å². The van der Waals surface area contributed by atoms with Crippen molar-refractivity contribution in [1.29, 1.82) is 0 Å². The standard InChI is InChI=1S/C15H17Cl2N3O2/c1-14(9-15(14,16)17)13(22)19-10-2-4-11(5-3-10)20-7-6-18-12(21)8-20/h2-5H,6-9H2,1H3,(H,18,21)(H,19,22). The van der Waals surface area contributed by atoms with E-state index in [1.807, 2.05) is 29.2 Å². The molecule has 1 aliphatic heterocycles. The number of hydrogen-bond donors (Lipinski definition) is 2. The number of hydrogen-bond acceptors (Lipinski definition) is 3. The highest BCUT2D eigenvalue weighted by molar-refractivity contribution is 6.53. The van der Waals surface area contributed by atoms with Crippen molar-refractivity contribution in [3.05, 3.63) is 24.3 Å². The van der Waals surface area contributed by atoms with Gasteiger partial charge in [0.1, 0.15) is 4.33 Å². The van der Waals surface area contributed by atoms with Crippen LogP contribution in [0.15, 0.2) is 24.3 Å². The minimum atomic E-state index is -0.974. The Balaban J connectivity index is 1.65. The molecule has 2 fully saturated rings. The molecule has 1 saturated carbocycles. The van der Waals surface area contributed by atoms with E-state index in [0.717, 1.165) is 12.2 Å². The summed E-state index contributed by atoms with van der Waals surface area (Å²) in [6, 6.07) is 7.40. The van der Waals surface area contributed by atoms with Crippen molar-refractivity contribution in [3.63, 3.8) is 0 Å². The van der Waals surface area contributed by atoms with Crippen LogP contribution in [0, 0.1) is 5.41 Å². The summed E-state index contributed by atoms with van der Waals surface area (Å²) in [5, 5.41) is 5.62. The summed E-state index contributed by atoms with van der Waals surface area (Å²) in [4.78, 5) is 25.6. The number of nitrogens with one attached hydrogen (secondary N) is 2. The van der Waals surface area contributed by atoms with E-state index in [4.69, 9.17) is 23.2 Å². The van der Waals surface area contributed by atoms with E-state index in [1.165, 1.54) is 0 Å². The molecule has 5 nitrogen and oxygen atoms in total. The molecule has 1 aliphatic carbocycles. The second-order valence-electron chi connectivity index (χ2n) is 5.99. The van der Waals surface area contributed by atoms with E-state index in [2.05, 4.69) is 10.6 Å². The molecule has 2 N–H and O–H groups in total. The number of benzene rings is 1. The third-order valence-electron chi connectivity index (χ3n) is 4.29. The molecule has 3 rings (SSSR count). The van der Waals surface area contributed by atoms with E-state index in [9.17, 15) is 9.59 Å². The number of carbonyl (C=O) groups is 2. The largest absolute Gasteiger partial charge is 0.360 e. The van der Waals surface area contributed by atoms with Gasteiger partial charge in [-0.05, 0) is 37.6 Å². The van der Waals surface area contributed by atoms with Crippen molar-refractivity contribution in [3.8, 4) is 0 Å². The van der Waals surface area contributed by atoms with Gasteiger partial charge in [0.25, 0.3) is 0 Å². The molecule has 0 spiro atoms. The van der Waals surface area contributed by atoms with Crippen LogP contribution in [0.2, 0.25) is 0 Å². The Morgan fingerprint density at radius 3 is 2.50 bits per heavy atom. The highest BCUT2D eigenvalue weighted by atomic mass is 35.5. The van der Waals surface area contributed by atoms with Gasteiger partial charge in [0.2, 0.25) is 11.8 Å². The van der Waals surface area contributed by atoms with Gasteiger partial charge in [0.15, 0.2) is 0 Å². The van der Waals surface area contributed by atoms with E-state index in [-0.39, 0.29) is 11.8 Å². The fourth-order valence-electron chi connectivity index (χ4n) is 2.53. The molecule has 2 aliphatic rings. The molecular weight excluding hydrogens is 325 g/mol. The molecule has 2 amide bonds. The molecule has 1 heterocycles. The summed E-state index contributed by atoms with van der Waals surface area (Å²) < 4.78 is -0.974. The molecule has 1 unspecified atom stereocenters. The average Bonchev–Trinajstić information content (AvgIpc) is 3.00. The second-order valence-corrected chi connectivity index (χ2v) is 7.47. The number of alkyl halides is 2. The molecule has 1 atom stereocenters. The maximum Gasteiger partial charge on any atom is 0.239 e. The van der Waals surface area contributed by atoms with E-state index in [0.29, 0.717) is 25.2 Å². The zero-order valence-electron chi connectivity index (χ0n) is 12.2. The molecule has 0 aromatic heterocycles. The normalized spacial score (nSPS) is 26.3. The number of amides is 2. The Kier molecular flexibility index (Phi) is 3.73. The number of rotatable bonds is 3. The van der Waals surface area contributed by atoms with E-state index >= 15 is 0 Å². The van der Waals surface area contributed by atoms with Crippen molar-refractivity contribution in [2.24, 2.45) is 5.41 Å². The van der Waals surface area contributed by atoms with Crippen LogP contribution in [0.5, 0.6) is 0 Å². The van der Waals surface area contributed by atoms with Gasteiger partial charge in [0, 0.05) is 24.5 Å². The van der Waals surface area contributed by atoms with Gasteiger partial charge in [-0.1, -0.05) is 0 Å². The maximum atomic E-state index is 12.2. The van der Waals surface area contributed by atoms with Crippen LogP contribution in [0.3, 0.4) is 0 Å². The van der Waals surface area contributed by atoms with Gasteiger partial charge in [0.05, 0.1) is 12.0 Å². The van der Waals surface area contributed by atoms with Crippen molar-refractivity contribution in [2.45, 2.75) is 17.7 Å². The van der Waals surface area contributed by atoms with Crippen LogP contribution >= 0.6 is 23.2 Å². The third-order valence-corrected chi connectivity index (χ3v) is 5.39. The Hall–Kier alpha value is -1.46. The van der Waals surface area contributed by atoms with Crippen LogP contribution in [-0.2, 0) is 9.59 Å². The van der Waals surface area contributed by atoms with Gasteiger partial charge in [-0.25, -0.2) is 0 Å². The Labute approximate surface area is 138 Å². The summed E-state index contributed by atoms with van der Waals surface area (Å²) in [6.45, 7) is 3.52. The molecule has 22 heavy (non-hydrogen) atoms. The topological polar surface area (TPSA) is 61.4 Å². The molecule has 118 valence electrons. The van der Waals surface area contributed by atoms with Gasteiger partial charge in [-0.3, -0.25) is 9.59 Å². The minimum Gasteiger partial charge on any atom is -0.360 e. The first kappa shape index (κ1) is 15.4. The quantitative estimate of drug-likeness (QED) is 0.828. The first-order valence-corrected chi connectivity index (χ1v) is 7.88. The average molecular weight is 342 g/mol.